The minimum Gasteiger partial charge on any atom is -0.207 e. The summed E-state index contributed by atoms with van der Waals surface area (Å²) in [5.74, 6) is 0. The summed E-state index contributed by atoms with van der Waals surface area (Å²) in [6, 6.07) is 4.94. The fourth-order valence-corrected chi connectivity index (χ4v) is 3.48. The van der Waals surface area contributed by atoms with Crippen molar-refractivity contribution in [1.82, 2.24) is 0 Å². The molecule has 0 bridgehead atoms. The third-order valence-corrected chi connectivity index (χ3v) is 4.14. The zero-order valence-electron chi connectivity index (χ0n) is 5.59. The molecule has 12 heavy (non-hydrogen) atoms. The lowest BCUT2D eigenvalue weighted by Gasteiger charge is -1.99. The van der Waals surface area contributed by atoms with Crippen LogP contribution < -0.4 is 0 Å². The molecule has 0 unspecified atom stereocenters. The van der Waals surface area contributed by atoms with Crippen molar-refractivity contribution in [3.8, 4) is 0 Å². The number of hydrogen-bond donors (Lipinski definition) is 0. The molecule has 6 heteroatoms. The third-order valence-electron chi connectivity index (χ3n) is 1.16. The molecule has 66 valence electrons. The lowest BCUT2D eigenvalue weighted by molar-refractivity contribution is 0.609. The third kappa shape index (κ3) is 2.58. The first-order valence-corrected chi connectivity index (χ1v) is 6.99. The van der Waals surface area contributed by atoms with Crippen LogP contribution >= 0.6 is 49.2 Å². The van der Waals surface area contributed by atoms with Crippen molar-refractivity contribution in [2.45, 2.75) is 4.90 Å². The molecule has 0 N–H and O–H groups in total. The molecule has 0 aliphatic carbocycles. The maximum Gasteiger partial charge on any atom is 0.262 e. The van der Waals surface area contributed by atoms with Crippen molar-refractivity contribution in [3.63, 3.8) is 0 Å². The highest BCUT2D eigenvalue weighted by Crippen LogP contribution is 2.26. The van der Waals surface area contributed by atoms with Crippen LogP contribution in [0.3, 0.4) is 0 Å². The van der Waals surface area contributed by atoms with Crippen molar-refractivity contribution in [2.24, 2.45) is 0 Å². The van der Waals surface area contributed by atoms with Gasteiger partial charge >= 0.3 is 0 Å². The highest BCUT2D eigenvalue weighted by molar-refractivity contribution is 14.1. The first-order chi connectivity index (χ1) is 5.41. The topological polar surface area (TPSA) is 34.1 Å². The fraction of sp³-hybridized carbons (Fsp3) is 0. The van der Waals surface area contributed by atoms with E-state index in [4.69, 9.17) is 10.7 Å². The number of hydrogen-bond acceptors (Lipinski definition) is 2. The maximum atomic E-state index is 10.9. The summed E-state index contributed by atoms with van der Waals surface area (Å²) >= 11 is 5.12. The molecule has 0 aliphatic heterocycles. The van der Waals surface area contributed by atoms with E-state index in [0.717, 1.165) is 3.57 Å². The number of rotatable bonds is 1. The van der Waals surface area contributed by atoms with E-state index in [2.05, 4.69) is 15.9 Å². The largest absolute Gasteiger partial charge is 0.262 e. The van der Waals surface area contributed by atoms with Gasteiger partial charge in [0.05, 0.1) is 4.90 Å². The van der Waals surface area contributed by atoms with Crippen LogP contribution in [0.2, 0.25) is 0 Å². The number of benzene rings is 1. The first-order valence-electron chi connectivity index (χ1n) is 2.81. The normalized spacial score (nSPS) is 11.6. The van der Waals surface area contributed by atoms with Crippen molar-refractivity contribution in [3.05, 3.63) is 26.2 Å². The van der Waals surface area contributed by atoms with Gasteiger partial charge in [-0.25, -0.2) is 8.42 Å². The van der Waals surface area contributed by atoms with Gasteiger partial charge in [0.15, 0.2) is 0 Å². The van der Waals surface area contributed by atoms with E-state index in [1.807, 2.05) is 22.6 Å². The molecule has 1 aromatic rings. The van der Waals surface area contributed by atoms with Gasteiger partial charge in [0.1, 0.15) is 0 Å². The molecule has 0 amide bonds. The smallest absolute Gasteiger partial charge is 0.207 e. The van der Waals surface area contributed by atoms with Gasteiger partial charge in [-0.15, -0.1) is 0 Å². The zero-order chi connectivity index (χ0) is 9.35. The van der Waals surface area contributed by atoms with Crippen molar-refractivity contribution in [1.29, 1.82) is 0 Å². The Balaban J connectivity index is 3.43. The first kappa shape index (κ1) is 10.7. The van der Waals surface area contributed by atoms with E-state index in [1.54, 1.807) is 12.1 Å². The van der Waals surface area contributed by atoms with Gasteiger partial charge in [0, 0.05) is 18.7 Å². The SMILES string of the molecule is O=S(=O)(Cl)c1cc(I)ccc1Br. The van der Waals surface area contributed by atoms with Gasteiger partial charge in [-0.05, 0) is 56.7 Å². The van der Waals surface area contributed by atoms with Crippen LogP contribution in [0.4, 0.5) is 0 Å². The average molecular weight is 381 g/mol. The van der Waals surface area contributed by atoms with E-state index < -0.39 is 9.05 Å². The van der Waals surface area contributed by atoms with E-state index >= 15 is 0 Å². The summed E-state index contributed by atoms with van der Waals surface area (Å²) in [6.07, 6.45) is 0. The van der Waals surface area contributed by atoms with Gasteiger partial charge in [0.25, 0.3) is 9.05 Å². The van der Waals surface area contributed by atoms with E-state index in [9.17, 15) is 8.42 Å². The minimum atomic E-state index is -3.64. The molecule has 0 aliphatic rings. The molecule has 0 spiro atoms. The van der Waals surface area contributed by atoms with E-state index in [0.29, 0.717) is 4.47 Å². The average Bonchev–Trinajstić information content (AvgIpc) is 1.92. The second-order valence-electron chi connectivity index (χ2n) is 2.01. The molecule has 0 saturated heterocycles. The lowest BCUT2D eigenvalue weighted by atomic mass is 10.4. The molecule has 1 rings (SSSR count). The van der Waals surface area contributed by atoms with Crippen LogP contribution in [0.15, 0.2) is 27.6 Å². The molecule has 0 atom stereocenters. The van der Waals surface area contributed by atoms with E-state index in [-0.39, 0.29) is 4.90 Å². The molecule has 2 nitrogen and oxygen atoms in total. The van der Waals surface area contributed by atoms with Gasteiger partial charge in [-0.1, -0.05) is 0 Å². The van der Waals surface area contributed by atoms with Crippen LogP contribution in [0.1, 0.15) is 0 Å². The Morgan fingerprint density at radius 1 is 1.42 bits per heavy atom. The number of halogens is 3. The molecule has 0 saturated carbocycles. The van der Waals surface area contributed by atoms with Crippen LogP contribution in [0, 0.1) is 3.57 Å². The summed E-state index contributed by atoms with van der Waals surface area (Å²) in [5, 5.41) is 0. The lowest BCUT2D eigenvalue weighted by Crippen LogP contribution is -1.92. The predicted octanol–water partition coefficient (Wildman–Crippen LogP) is 2.98. The minimum absolute atomic E-state index is 0.107. The van der Waals surface area contributed by atoms with Gasteiger partial charge in [-0.3, -0.25) is 0 Å². The summed E-state index contributed by atoms with van der Waals surface area (Å²) < 4.78 is 23.2. The van der Waals surface area contributed by atoms with Gasteiger partial charge in [0.2, 0.25) is 0 Å². The monoisotopic (exact) mass is 380 g/mol. The summed E-state index contributed by atoms with van der Waals surface area (Å²) in [7, 11) is 1.54. The van der Waals surface area contributed by atoms with Gasteiger partial charge in [-0.2, -0.15) is 0 Å². The quantitative estimate of drug-likeness (QED) is 0.554. The summed E-state index contributed by atoms with van der Waals surface area (Å²) in [4.78, 5) is 0.107. The van der Waals surface area contributed by atoms with Gasteiger partial charge < -0.3 is 0 Å². The second-order valence-corrected chi connectivity index (χ2v) is 6.65. The Bertz CT molecular complexity index is 404. The molecule has 0 radical (unpaired) electrons. The molecule has 0 heterocycles. The summed E-state index contributed by atoms with van der Waals surface area (Å²) in [5.41, 5.74) is 0. The molecule has 0 fully saturated rings. The Hall–Kier alpha value is 0.670. The molecule has 0 aromatic heterocycles. The predicted molar refractivity (Wildman–Crippen MR) is 59.9 cm³/mol. The highest BCUT2D eigenvalue weighted by atomic mass is 127. The van der Waals surface area contributed by atoms with Crippen LogP contribution in [-0.4, -0.2) is 8.42 Å². The second kappa shape index (κ2) is 3.81. The van der Waals surface area contributed by atoms with Crippen LogP contribution in [0.25, 0.3) is 0 Å². The zero-order valence-corrected chi connectivity index (χ0v) is 10.9. The summed E-state index contributed by atoms with van der Waals surface area (Å²) in [6.45, 7) is 0. The molecular weight excluding hydrogens is 378 g/mol. The van der Waals surface area contributed by atoms with E-state index in [1.165, 1.54) is 6.07 Å². The van der Waals surface area contributed by atoms with Crippen LogP contribution in [0.5, 0.6) is 0 Å². The Kier molecular flexibility index (Phi) is 3.41. The fourth-order valence-electron chi connectivity index (χ4n) is 0.664. The standard InChI is InChI=1S/C6H3BrClIO2S/c7-5-2-1-4(9)3-6(5)12(8,10)11/h1-3H. The Morgan fingerprint density at radius 3 is 2.42 bits per heavy atom. The molecule has 1 aromatic carbocycles. The van der Waals surface area contributed by atoms with Crippen molar-refractivity contribution in [2.75, 3.05) is 0 Å². The maximum absolute atomic E-state index is 10.9. The van der Waals surface area contributed by atoms with Crippen LogP contribution in [-0.2, 0) is 9.05 Å². The molecular formula is C6H3BrClIO2S. The van der Waals surface area contributed by atoms with Crippen molar-refractivity contribution < 1.29 is 8.42 Å². The Labute approximate surface area is 97.0 Å². The van der Waals surface area contributed by atoms with Crippen molar-refractivity contribution >= 4 is 58.3 Å². The highest BCUT2D eigenvalue weighted by Gasteiger charge is 2.13. The Morgan fingerprint density at radius 2 is 2.00 bits per heavy atom.